The average Bonchev–Trinajstić information content (AvgIpc) is 2.63. The van der Waals surface area contributed by atoms with Gasteiger partial charge < -0.3 is 4.74 Å². The van der Waals surface area contributed by atoms with Gasteiger partial charge in [-0.25, -0.2) is 8.42 Å². The summed E-state index contributed by atoms with van der Waals surface area (Å²) in [6.07, 6.45) is 6.71. The maximum atomic E-state index is 12.7. The summed E-state index contributed by atoms with van der Waals surface area (Å²) in [5.74, 6) is -0.575. The van der Waals surface area contributed by atoms with Crippen molar-refractivity contribution in [3.8, 4) is 0 Å². The summed E-state index contributed by atoms with van der Waals surface area (Å²) in [5, 5.41) is 0. The Morgan fingerprint density at radius 1 is 1.00 bits per heavy atom. The Labute approximate surface area is 144 Å². The molecule has 1 unspecified atom stereocenters. The Morgan fingerprint density at radius 3 is 2.42 bits per heavy atom. The molecule has 0 amide bonds. The van der Waals surface area contributed by atoms with Crippen LogP contribution in [0.2, 0.25) is 0 Å². The summed E-state index contributed by atoms with van der Waals surface area (Å²) in [7, 11) is -3.54. The first-order valence-electron chi connectivity index (χ1n) is 8.83. The molecule has 1 aliphatic carbocycles. The Hall–Kier alpha value is -1.40. The third-order valence-corrected chi connectivity index (χ3v) is 6.81. The van der Waals surface area contributed by atoms with Crippen LogP contribution < -0.4 is 0 Å². The van der Waals surface area contributed by atoms with Gasteiger partial charge in [0.15, 0.2) is 0 Å². The van der Waals surface area contributed by atoms with Crippen molar-refractivity contribution in [2.24, 2.45) is 5.92 Å². The minimum absolute atomic E-state index is 0.0207. The Kier molecular flexibility index (Phi) is 5.56. The van der Waals surface area contributed by atoms with E-state index in [1.54, 1.807) is 30.3 Å². The van der Waals surface area contributed by atoms with Gasteiger partial charge in [0.05, 0.1) is 10.8 Å². The van der Waals surface area contributed by atoms with E-state index in [-0.39, 0.29) is 29.4 Å². The summed E-state index contributed by atoms with van der Waals surface area (Å²) in [4.78, 5) is 12.7. The standard InChI is InChI=1S/C18H25NO4S/c20-18(23-16-9-3-1-4-10-16)15-8-7-13-19(14-15)24(21,22)17-11-5-2-6-12-17/h2,5-6,11-12,15-16H,1,3-4,7-10,13-14H2. The lowest BCUT2D eigenvalue weighted by Gasteiger charge is -2.32. The lowest BCUT2D eigenvalue weighted by Crippen LogP contribution is -2.43. The molecule has 2 aliphatic rings. The van der Waals surface area contributed by atoms with Crippen molar-refractivity contribution < 1.29 is 17.9 Å². The molecule has 1 saturated carbocycles. The minimum Gasteiger partial charge on any atom is -0.462 e. The Bertz CT molecular complexity index is 653. The molecule has 1 aromatic rings. The van der Waals surface area contributed by atoms with E-state index in [1.165, 1.54) is 10.7 Å². The van der Waals surface area contributed by atoms with E-state index in [0.717, 1.165) is 25.7 Å². The summed E-state index contributed by atoms with van der Waals surface area (Å²) >= 11 is 0. The molecule has 5 nitrogen and oxygen atoms in total. The third-order valence-electron chi connectivity index (χ3n) is 4.93. The second-order valence-electron chi connectivity index (χ2n) is 6.71. The highest BCUT2D eigenvalue weighted by Gasteiger charge is 2.34. The number of ether oxygens (including phenoxy) is 1. The largest absolute Gasteiger partial charge is 0.462 e. The van der Waals surface area contributed by atoms with Gasteiger partial charge in [-0.1, -0.05) is 24.6 Å². The molecule has 1 aliphatic heterocycles. The number of esters is 1. The smallest absolute Gasteiger partial charge is 0.310 e. The molecule has 1 aromatic carbocycles. The van der Waals surface area contributed by atoms with Crippen molar-refractivity contribution >= 4 is 16.0 Å². The number of hydrogen-bond donors (Lipinski definition) is 0. The van der Waals surface area contributed by atoms with Crippen LogP contribution in [0.5, 0.6) is 0 Å². The van der Waals surface area contributed by atoms with E-state index in [9.17, 15) is 13.2 Å². The van der Waals surface area contributed by atoms with Gasteiger partial charge in [0.25, 0.3) is 0 Å². The van der Waals surface area contributed by atoms with Crippen LogP contribution in [0.1, 0.15) is 44.9 Å². The van der Waals surface area contributed by atoms with Gasteiger partial charge in [0, 0.05) is 13.1 Å². The number of piperidine rings is 1. The van der Waals surface area contributed by atoms with Crippen LogP contribution in [0, 0.1) is 5.92 Å². The molecule has 1 saturated heterocycles. The van der Waals surface area contributed by atoms with Crippen molar-refractivity contribution in [1.29, 1.82) is 0 Å². The van der Waals surface area contributed by atoms with Gasteiger partial charge in [-0.3, -0.25) is 4.79 Å². The highest BCUT2D eigenvalue weighted by Crippen LogP contribution is 2.26. The van der Waals surface area contributed by atoms with Gasteiger partial charge in [0.2, 0.25) is 10.0 Å². The van der Waals surface area contributed by atoms with Crippen molar-refractivity contribution in [2.75, 3.05) is 13.1 Å². The summed E-state index contributed by atoms with van der Waals surface area (Å²) in [6, 6.07) is 8.41. The second kappa shape index (κ2) is 7.66. The zero-order valence-electron chi connectivity index (χ0n) is 13.9. The molecule has 0 aromatic heterocycles. The molecule has 132 valence electrons. The maximum absolute atomic E-state index is 12.7. The molecule has 0 spiro atoms. The molecule has 24 heavy (non-hydrogen) atoms. The van der Waals surface area contributed by atoms with E-state index in [0.29, 0.717) is 19.4 Å². The quantitative estimate of drug-likeness (QED) is 0.783. The van der Waals surface area contributed by atoms with Gasteiger partial charge in [-0.05, 0) is 50.7 Å². The fourth-order valence-electron chi connectivity index (χ4n) is 3.54. The minimum atomic E-state index is -3.54. The third kappa shape index (κ3) is 3.98. The molecule has 1 heterocycles. The topological polar surface area (TPSA) is 63.7 Å². The zero-order valence-corrected chi connectivity index (χ0v) is 14.7. The molecule has 0 bridgehead atoms. The summed E-state index contributed by atoms with van der Waals surface area (Å²) < 4.78 is 32.5. The number of carbonyl (C=O) groups excluding carboxylic acids is 1. The predicted molar refractivity (Wildman–Crippen MR) is 90.9 cm³/mol. The molecule has 1 atom stereocenters. The first-order chi connectivity index (χ1) is 11.6. The van der Waals surface area contributed by atoms with Crippen molar-refractivity contribution in [2.45, 2.75) is 55.9 Å². The summed E-state index contributed by atoms with van der Waals surface area (Å²) in [5.41, 5.74) is 0. The average molecular weight is 351 g/mol. The zero-order chi connectivity index (χ0) is 17.0. The SMILES string of the molecule is O=C(OC1CCCCC1)C1CCCN(S(=O)(=O)c2ccccc2)C1. The van der Waals surface area contributed by atoms with Crippen molar-refractivity contribution in [3.05, 3.63) is 30.3 Å². The van der Waals surface area contributed by atoms with E-state index in [4.69, 9.17) is 4.74 Å². The van der Waals surface area contributed by atoms with Crippen LogP contribution in [0.4, 0.5) is 0 Å². The highest BCUT2D eigenvalue weighted by atomic mass is 32.2. The van der Waals surface area contributed by atoms with E-state index < -0.39 is 10.0 Å². The van der Waals surface area contributed by atoms with Gasteiger partial charge >= 0.3 is 5.97 Å². The predicted octanol–water partition coefficient (Wildman–Crippen LogP) is 2.96. The summed E-state index contributed by atoms with van der Waals surface area (Å²) in [6.45, 7) is 0.688. The van der Waals surface area contributed by atoms with Crippen LogP contribution in [-0.4, -0.2) is 37.9 Å². The number of carbonyl (C=O) groups is 1. The Balaban J connectivity index is 1.64. The lowest BCUT2D eigenvalue weighted by molar-refractivity contribution is -0.156. The fourth-order valence-corrected chi connectivity index (χ4v) is 5.08. The van der Waals surface area contributed by atoms with Gasteiger partial charge in [0.1, 0.15) is 6.10 Å². The van der Waals surface area contributed by atoms with E-state index in [1.807, 2.05) is 0 Å². The monoisotopic (exact) mass is 351 g/mol. The molecule has 0 N–H and O–H groups in total. The molecule has 2 fully saturated rings. The first kappa shape index (κ1) is 17.4. The highest BCUT2D eigenvalue weighted by molar-refractivity contribution is 7.89. The number of rotatable bonds is 4. The molecule has 0 radical (unpaired) electrons. The number of nitrogens with zero attached hydrogens (tertiary/aromatic N) is 1. The van der Waals surface area contributed by atoms with Crippen molar-refractivity contribution in [3.63, 3.8) is 0 Å². The van der Waals surface area contributed by atoms with Crippen LogP contribution in [0.25, 0.3) is 0 Å². The van der Waals surface area contributed by atoms with Crippen LogP contribution in [-0.2, 0) is 19.6 Å². The van der Waals surface area contributed by atoms with E-state index in [2.05, 4.69) is 0 Å². The number of hydrogen-bond acceptors (Lipinski definition) is 4. The molecule has 3 rings (SSSR count). The maximum Gasteiger partial charge on any atom is 0.310 e. The number of benzene rings is 1. The molecule has 6 heteroatoms. The lowest BCUT2D eigenvalue weighted by atomic mass is 9.96. The molecular weight excluding hydrogens is 326 g/mol. The van der Waals surface area contributed by atoms with Gasteiger partial charge in [-0.15, -0.1) is 0 Å². The first-order valence-corrected chi connectivity index (χ1v) is 10.3. The van der Waals surface area contributed by atoms with Crippen LogP contribution in [0.15, 0.2) is 35.2 Å². The normalized spacial score (nSPS) is 23.8. The fraction of sp³-hybridized carbons (Fsp3) is 0.611. The Morgan fingerprint density at radius 2 is 1.71 bits per heavy atom. The van der Waals surface area contributed by atoms with Crippen LogP contribution >= 0.6 is 0 Å². The van der Waals surface area contributed by atoms with E-state index >= 15 is 0 Å². The molecular formula is C18H25NO4S. The number of sulfonamides is 1. The second-order valence-corrected chi connectivity index (χ2v) is 8.65. The van der Waals surface area contributed by atoms with Crippen LogP contribution in [0.3, 0.4) is 0 Å². The van der Waals surface area contributed by atoms with Crippen molar-refractivity contribution in [1.82, 2.24) is 4.31 Å². The van der Waals surface area contributed by atoms with Gasteiger partial charge in [-0.2, -0.15) is 4.31 Å².